The number of anilines is 1. The van der Waals surface area contributed by atoms with Crippen LogP contribution >= 0.6 is 15.9 Å². The molecule has 0 aromatic heterocycles. The first kappa shape index (κ1) is 11.7. The zero-order valence-electron chi connectivity index (χ0n) is 10.1. The molecular weight excluding hydrogens is 293 g/mol. The van der Waals surface area contributed by atoms with Crippen LogP contribution in [0.4, 0.5) is 10.1 Å². The van der Waals surface area contributed by atoms with E-state index in [-0.39, 0.29) is 5.82 Å². The predicted molar refractivity (Wildman–Crippen MR) is 75.2 cm³/mol. The van der Waals surface area contributed by atoms with Gasteiger partial charge in [0.1, 0.15) is 5.82 Å². The van der Waals surface area contributed by atoms with Crippen LogP contribution in [-0.4, -0.2) is 0 Å². The number of hydrogen-bond acceptors (Lipinski definition) is 1. The van der Waals surface area contributed by atoms with Gasteiger partial charge in [-0.15, -0.1) is 0 Å². The Balaban J connectivity index is 1.99. The van der Waals surface area contributed by atoms with Gasteiger partial charge in [-0.2, -0.15) is 0 Å². The maximum absolute atomic E-state index is 13.7. The molecule has 0 saturated heterocycles. The maximum Gasteiger partial charge on any atom is 0.128 e. The van der Waals surface area contributed by atoms with Crippen LogP contribution in [0.3, 0.4) is 0 Å². The average Bonchev–Trinajstić information content (AvgIpc) is 2.78. The lowest BCUT2D eigenvalue weighted by atomic mass is 10.1. The van der Waals surface area contributed by atoms with Gasteiger partial charge in [0, 0.05) is 28.8 Å². The van der Waals surface area contributed by atoms with E-state index in [0.29, 0.717) is 6.54 Å². The highest BCUT2D eigenvalue weighted by molar-refractivity contribution is 9.10. The molecule has 0 amide bonds. The van der Waals surface area contributed by atoms with Crippen molar-refractivity contribution in [2.75, 3.05) is 4.90 Å². The van der Waals surface area contributed by atoms with Crippen molar-refractivity contribution in [3.63, 3.8) is 0 Å². The molecule has 3 heteroatoms. The normalized spacial score (nSPS) is 13.8. The fourth-order valence-electron chi connectivity index (χ4n) is 2.49. The number of halogens is 2. The predicted octanol–water partition coefficient (Wildman–Crippen LogP) is 4.42. The lowest BCUT2D eigenvalue weighted by Gasteiger charge is -2.20. The summed E-state index contributed by atoms with van der Waals surface area (Å²) >= 11 is 3.54. The summed E-state index contributed by atoms with van der Waals surface area (Å²) in [6, 6.07) is 11.5. The summed E-state index contributed by atoms with van der Waals surface area (Å²) in [5, 5.41) is 0. The maximum atomic E-state index is 13.7. The number of hydrogen-bond donors (Lipinski definition) is 0. The van der Waals surface area contributed by atoms with Gasteiger partial charge >= 0.3 is 0 Å². The molecule has 0 radical (unpaired) electrons. The second-order valence-electron chi connectivity index (χ2n) is 4.62. The molecule has 0 fully saturated rings. The van der Waals surface area contributed by atoms with Crippen LogP contribution in [-0.2, 0) is 13.1 Å². The average molecular weight is 306 g/mol. The molecule has 0 atom stereocenters. The third-order valence-corrected chi connectivity index (χ3v) is 4.36. The first-order valence-electron chi connectivity index (χ1n) is 5.93. The number of benzene rings is 2. The quantitative estimate of drug-likeness (QED) is 0.754. The molecule has 2 aromatic rings. The smallest absolute Gasteiger partial charge is 0.128 e. The van der Waals surface area contributed by atoms with Crippen LogP contribution in [0.5, 0.6) is 0 Å². The highest BCUT2D eigenvalue weighted by Gasteiger charge is 2.23. The molecule has 1 aliphatic heterocycles. The van der Waals surface area contributed by atoms with E-state index in [9.17, 15) is 4.39 Å². The summed E-state index contributed by atoms with van der Waals surface area (Å²) < 4.78 is 14.8. The molecule has 0 saturated carbocycles. The van der Waals surface area contributed by atoms with E-state index in [2.05, 4.69) is 33.8 Å². The van der Waals surface area contributed by atoms with Crippen molar-refractivity contribution >= 4 is 21.6 Å². The molecule has 0 spiro atoms. The first-order chi connectivity index (χ1) is 8.66. The summed E-state index contributed by atoms with van der Waals surface area (Å²) in [5.74, 6) is -0.0948. The zero-order chi connectivity index (χ0) is 12.7. The molecule has 3 rings (SSSR count). The Morgan fingerprint density at radius 3 is 2.67 bits per heavy atom. The molecule has 92 valence electrons. The van der Waals surface area contributed by atoms with Crippen molar-refractivity contribution in [1.82, 2.24) is 0 Å². The van der Waals surface area contributed by atoms with Crippen molar-refractivity contribution in [3.8, 4) is 0 Å². The van der Waals surface area contributed by atoms with Gasteiger partial charge in [-0.05, 0) is 36.2 Å². The van der Waals surface area contributed by atoms with E-state index >= 15 is 0 Å². The second-order valence-corrected chi connectivity index (χ2v) is 5.47. The van der Waals surface area contributed by atoms with Gasteiger partial charge in [-0.25, -0.2) is 4.39 Å². The number of fused-ring (bicyclic) bond motifs is 1. The monoisotopic (exact) mass is 305 g/mol. The Morgan fingerprint density at radius 1 is 1.11 bits per heavy atom. The van der Waals surface area contributed by atoms with Gasteiger partial charge < -0.3 is 4.90 Å². The van der Waals surface area contributed by atoms with Crippen molar-refractivity contribution < 1.29 is 4.39 Å². The summed E-state index contributed by atoms with van der Waals surface area (Å²) in [6.07, 6.45) is 0. The highest BCUT2D eigenvalue weighted by Crippen LogP contribution is 2.34. The summed E-state index contributed by atoms with van der Waals surface area (Å²) in [4.78, 5) is 2.22. The van der Waals surface area contributed by atoms with Crippen molar-refractivity contribution in [1.29, 1.82) is 0 Å². The Bertz CT molecular complexity index is 609. The topological polar surface area (TPSA) is 3.24 Å². The van der Waals surface area contributed by atoms with E-state index in [1.165, 1.54) is 17.3 Å². The van der Waals surface area contributed by atoms with Crippen molar-refractivity contribution in [2.45, 2.75) is 20.0 Å². The van der Waals surface area contributed by atoms with Crippen LogP contribution in [0.1, 0.15) is 16.7 Å². The second kappa shape index (κ2) is 4.39. The Morgan fingerprint density at radius 2 is 1.89 bits per heavy atom. The van der Waals surface area contributed by atoms with E-state index in [1.807, 2.05) is 18.2 Å². The molecule has 1 aliphatic rings. The van der Waals surface area contributed by atoms with Gasteiger partial charge in [0.05, 0.1) is 0 Å². The van der Waals surface area contributed by atoms with Gasteiger partial charge in [0.2, 0.25) is 0 Å². The highest BCUT2D eigenvalue weighted by atomic mass is 79.9. The van der Waals surface area contributed by atoms with Gasteiger partial charge in [-0.1, -0.05) is 34.1 Å². The molecule has 0 aliphatic carbocycles. The Hall–Kier alpha value is -1.35. The van der Waals surface area contributed by atoms with E-state index < -0.39 is 0 Å². The summed E-state index contributed by atoms with van der Waals surface area (Å²) in [6.45, 7) is 3.52. The summed E-state index contributed by atoms with van der Waals surface area (Å²) in [7, 11) is 0. The van der Waals surface area contributed by atoms with E-state index in [4.69, 9.17) is 0 Å². The molecule has 0 unspecified atom stereocenters. The van der Waals surface area contributed by atoms with E-state index in [0.717, 1.165) is 22.1 Å². The minimum Gasteiger partial charge on any atom is -0.362 e. The largest absolute Gasteiger partial charge is 0.362 e. The third kappa shape index (κ3) is 1.83. The van der Waals surface area contributed by atoms with Crippen LogP contribution in [0.15, 0.2) is 40.9 Å². The number of nitrogens with zero attached hydrogens (tertiary/aromatic N) is 1. The van der Waals surface area contributed by atoms with E-state index in [1.54, 1.807) is 6.07 Å². The molecule has 0 N–H and O–H groups in total. The minimum atomic E-state index is -0.0948. The lowest BCUT2D eigenvalue weighted by Crippen LogP contribution is -2.15. The Kier molecular flexibility index (Phi) is 2.86. The molecule has 18 heavy (non-hydrogen) atoms. The fourth-order valence-corrected chi connectivity index (χ4v) is 2.85. The van der Waals surface area contributed by atoms with Crippen LogP contribution in [0.2, 0.25) is 0 Å². The third-order valence-electron chi connectivity index (χ3n) is 3.51. The molecule has 1 heterocycles. The van der Waals surface area contributed by atoms with Crippen LogP contribution in [0.25, 0.3) is 0 Å². The standard InChI is InChI=1S/C15H13BrFN/c1-10-13(16)5-3-7-15(10)18-8-11-4-2-6-14(17)12(11)9-18/h2-7H,8-9H2,1H3. The summed E-state index contributed by atoms with van der Waals surface area (Å²) in [5.41, 5.74) is 4.29. The van der Waals surface area contributed by atoms with Gasteiger partial charge in [0.25, 0.3) is 0 Å². The molecular formula is C15H13BrFN. The van der Waals surface area contributed by atoms with Crippen LogP contribution < -0.4 is 4.90 Å². The molecule has 2 aromatic carbocycles. The fraction of sp³-hybridized carbons (Fsp3) is 0.200. The minimum absolute atomic E-state index is 0.0948. The lowest BCUT2D eigenvalue weighted by molar-refractivity contribution is 0.612. The van der Waals surface area contributed by atoms with Crippen LogP contribution in [0, 0.1) is 12.7 Å². The van der Waals surface area contributed by atoms with Gasteiger partial charge in [0.15, 0.2) is 0 Å². The van der Waals surface area contributed by atoms with Crippen molar-refractivity contribution in [3.05, 3.63) is 63.4 Å². The zero-order valence-corrected chi connectivity index (χ0v) is 11.7. The number of rotatable bonds is 1. The molecule has 0 bridgehead atoms. The SMILES string of the molecule is Cc1c(Br)cccc1N1Cc2cccc(F)c2C1. The first-order valence-corrected chi connectivity index (χ1v) is 6.72. The van der Waals surface area contributed by atoms with Crippen molar-refractivity contribution in [2.24, 2.45) is 0 Å². The molecule has 1 nitrogen and oxygen atoms in total. The Labute approximate surface area is 114 Å². The van der Waals surface area contributed by atoms with Gasteiger partial charge in [-0.3, -0.25) is 0 Å².